The van der Waals surface area contributed by atoms with Crippen LogP contribution in [0.2, 0.25) is 0 Å². The van der Waals surface area contributed by atoms with Crippen molar-refractivity contribution < 1.29 is 4.79 Å². The van der Waals surface area contributed by atoms with Gasteiger partial charge in [-0.2, -0.15) is 5.10 Å². The maximum Gasteiger partial charge on any atom is 0.252 e. The van der Waals surface area contributed by atoms with E-state index in [-0.39, 0.29) is 5.91 Å². The maximum atomic E-state index is 12.7. The van der Waals surface area contributed by atoms with E-state index in [2.05, 4.69) is 51.8 Å². The molecule has 1 aliphatic carbocycles. The van der Waals surface area contributed by atoms with Gasteiger partial charge in [-0.05, 0) is 55.5 Å². The van der Waals surface area contributed by atoms with Gasteiger partial charge in [0.1, 0.15) is 0 Å². The van der Waals surface area contributed by atoms with Crippen LogP contribution in [-0.4, -0.2) is 35.7 Å². The van der Waals surface area contributed by atoms with Crippen LogP contribution >= 0.6 is 0 Å². The summed E-state index contributed by atoms with van der Waals surface area (Å²) in [7, 11) is 0. The minimum Gasteiger partial charge on any atom is -0.300 e. The first-order valence-electron chi connectivity index (χ1n) is 9.51. The molecule has 1 N–H and O–H groups in total. The first kappa shape index (κ1) is 15.8. The Balaban J connectivity index is 1.33. The topological polar surface area (TPSA) is 44.7 Å². The summed E-state index contributed by atoms with van der Waals surface area (Å²) in [6.07, 6.45) is 3.96. The third-order valence-corrected chi connectivity index (χ3v) is 6.40. The molecule has 0 atom stereocenters. The van der Waals surface area contributed by atoms with Gasteiger partial charge in [0.25, 0.3) is 5.91 Å². The molecule has 3 aliphatic rings. The quantitative estimate of drug-likeness (QED) is 0.910. The fraction of sp³-hybridized carbons (Fsp3) is 0.364. The highest BCUT2D eigenvalue weighted by atomic mass is 16.2. The Kier molecular flexibility index (Phi) is 3.68. The molecule has 2 aromatic rings. The lowest BCUT2D eigenvalue weighted by Crippen LogP contribution is -2.51. The van der Waals surface area contributed by atoms with Crippen molar-refractivity contribution in [2.75, 3.05) is 13.1 Å². The largest absolute Gasteiger partial charge is 0.300 e. The molecule has 2 aromatic carbocycles. The van der Waals surface area contributed by atoms with E-state index >= 15 is 0 Å². The van der Waals surface area contributed by atoms with Gasteiger partial charge in [0.05, 0.1) is 11.1 Å². The first-order valence-corrected chi connectivity index (χ1v) is 9.51. The molecule has 1 fully saturated rings. The lowest BCUT2D eigenvalue weighted by atomic mass is 9.72. The predicted octanol–water partition coefficient (Wildman–Crippen LogP) is 2.77. The first-order chi connectivity index (χ1) is 12.8. The highest BCUT2D eigenvalue weighted by molar-refractivity contribution is 6.19. The summed E-state index contributed by atoms with van der Waals surface area (Å²) >= 11 is 0. The summed E-state index contributed by atoms with van der Waals surface area (Å²) in [5, 5.41) is 4.42. The van der Waals surface area contributed by atoms with E-state index in [1.165, 1.54) is 11.1 Å². The molecule has 1 amide bonds. The molecule has 0 aromatic heterocycles. The number of carbonyl (C=O) groups is 1. The average Bonchev–Trinajstić information content (AvgIpc) is 3.25. The van der Waals surface area contributed by atoms with E-state index in [1.54, 1.807) is 0 Å². The molecular formula is C22H23N3O. The lowest BCUT2D eigenvalue weighted by Gasteiger charge is -2.40. The van der Waals surface area contributed by atoms with Crippen LogP contribution in [-0.2, 0) is 17.6 Å². The van der Waals surface area contributed by atoms with Gasteiger partial charge in [0.15, 0.2) is 0 Å². The number of nitrogens with one attached hydrogen (secondary N) is 1. The van der Waals surface area contributed by atoms with E-state index in [0.717, 1.165) is 50.0 Å². The molecule has 0 saturated carbocycles. The number of carbonyl (C=O) groups excluding carboxylic acids is 1. The summed E-state index contributed by atoms with van der Waals surface area (Å²) in [5.74, 6) is 0.0747. The molecule has 132 valence electrons. The predicted molar refractivity (Wildman–Crippen MR) is 102 cm³/mol. The number of hydrazone groups is 1. The van der Waals surface area contributed by atoms with Gasteiger partial charge < -0.3 is 0 Å². The van der Waals surface area contributed by atoms with Gasteiger partial charge in [-0.1, -0.05) is 54.6 Å². The van der Waals surface area contributed by atoms with Crippen molar-refractivity contribution in [3.8, 4) is 0 Å². The minimum atomic E-state index is -0.455. The molecule has 0 radical (unpaired) electrons. The van der Waals surface area contributed by atoms with Crippen molar-refractivity contribution in [2.45, 2.75) is 31.7 Å². The van der Waals surface area contributed by atoms with Crippen molar-refractivity contribution >= 4 is 11.6 Å². The molecule has 5 rings (SSSR count). The second kappa shape index (κ2) is 6.06. The Hall–Kier alpha value is -2.46. The van der Waals surface area contributed by atoms with Crippen molar-refractivity contribution in [3.63, 3.8) is 0 Å². The lowest BCUT2D eigenvalue weighted by molar-refractivity contribution is -0.128. The number of hydrogen-bond acceptors (Lipinski definition) is 3. The Morgan fingerprint density at radius 1 is 0.923 bits per heavy atom. The number of hydrogen-bond donors (Lipinski definition) is 1. The minimum absolute atomic E-state index is 0.0747. The normalized spacial score (nSPS) is 22.3. The van der Waals surface area contributed by atoms with E-state index in [4.69, 9.17) is 0 Å². The summed E-state index contributed by atoms with van der Waals surface area (Å²) < 4.78 is 0. The molecule has 2 aliphatic heterocycles. The standard InChI is InChI=1S/C22H23N3O/c26-21-22(20(23-24-21)16-6-2-1-3-7-16)10-12-25(13-11-22)19-14-17-8-4-5-9-18(17)15-19/h1-9,19H,10-15H2,(H,24,26). The van der Waals surface area contributed by atoms with Crippen molar-refractivity contribution in [1.82, 2.24) is 10.3 Å². The fourth-order valence-corrected chi connectivity index (χ4v) is 4.89. The van der Waals surface area contributed by atoms with Gasteiger partial charge in [0.2, 0.25) is 0 Å². The monoisotopic (exact) mass is 345 g/mol. The summed E-state index contributed by atoms with van der Waals surface area (Å²) in [6, 6.07) is 19.5. The third kappa shape index (κ3) is 2.40. The second-order valence-electron chi connectivity index (χ2n) is 7.72. The van der Waals surface area contributed by atoms with Crippen LogP contribution in [0.25, 0.3) is 0 Å². The molecule has 1 spiro atoms. The molecule has 26 heavy (non-hydrogen) atoms. The molecular weight excluding hydrogens is 322 g/mol. The van der Waals surface area contributed by atoms with E-state index in [9.17, 15) is 4.79 Å². The molecule has 0 bridgehead atoms. The van der Waals surface area contributed by atoms with Gasteiger partial charge in [-0.15, -0.1) is 0 Å². The van der Waals surface area contributed by atoms with Crippen LogP contribution in [0, 0.1) is 5.41 Å². The Morgan fingerprint density at radius 3 is 2.19 bits per heavy atom. The molecule has 4 heteroatoms. The number of piperidine rings is 1. The van der Waals surface area contributed by atoms with Crippen molar-refractivity contribution in [2.24, 2.45) is 10.5 Å². The van der Waals surface area contributed by atoms with Crippen molar-refractivity contribution in [3.05, 3.63) is 71.3 Å². The van der Waals surface area contributed by atoms with Crippen LogP contribution in [0.1, 0.15) is 29.5 Å². The maximum absolute atomic E-state index is 12.7. The zero-order chi connectivity index (χ0) is 17.6. The Bertz CT molecular complexity index is 841. The second-order valence-corrected chi connectivity index (χ2v) is 7.72. The van der Waals surface area contributed by atoms with E-state index in [0.29, 0.717) is 6.04 Å². The van der Waals surface area contributed by atoms with Crippen LogP contribution in [0.15, 0.2) is 59.7 Å². The Labute approximate surface area is 153 Å². The van der Waals surface area contributed by atoms with Gasteiger partial charge in [0, 0.05) is 6.04 Å². The van der Waals surface area contributed by atoms with E-state index < -0.39 is 5.41 Å². The molecule has 1 saturated heterocycles. The zero-order valence-corrected chi connectivity index (χ0v) is 14.8. The van der Waals surface area contributed by atoms with E-state index in [1.807, 2.05) is 18.2 Å². The number of amides is 1. The van der Waals surface area contributed by atoms with Crippen LogP contribution in [0.4, 0.5) is 0 Å². The highest BCUT2D eigenvalue weighted by Gasteiger charge is 2.50. The molecule has 0 unspecified atom stereocenters. The zero-order valence-electron chi connectivity index (χ0n) is 14.8. The van der Waals surface area contributed by atoms with Gasteiger partial charge in [-0.3, -0.25) is 9.69 Å². The van der Waals surface area contributed by atoms with Crippen molar-refractivity contribution in [1.29, 1.82) is 0 Å². The Morgan fingerprint density at radius 2 is 1.54 bits per heavy atom. The number of likely N-dealkylation sites (tertiary alicyclic amines) is 1. The van der Waals surface area contributed by atoms with Gasteiger partial charge in [-0.25, -0.2) is 5.43 Å². The number of rotatable bonds is 2. The SMILES string of the molecule is O=C1NN=C(c2ccccc2)C12CCN(C1Cc3ccccc3C1)CC2. The fourth-order valence-electron chi connectivity index (χ4n) is 4.89. The highest BCUT2D eigenvalue weighted by Crippen LogP contribution is 2.40. The van der Waals surface area contributed by atoms with Gasteiger partial charge >= 0.3 is 0 Å². The van der Waals surface area contributed by atoms with Crippen LogP contribution < -0.4 is 5.43 Å². The number of fused-ring (bicyclic) bond motifs is 1. The number of nitrogens with zero attached hydrogens (tertiary/aromatic N) is 2. The molecule has 2 heterocycles. The smallest absolute Gasteiger partial charge is 0.252 e. The number of benzene rings is 2. The van der Waals surface area contributed by atoms with Crippen LogP contribution in [0.5, 0.6) is 0 Å². The molecule has 4 nitrogen and oxygen atoms in total. The summed E-state index contributed by atoms with van der Waals surface area (Å²) in [4.78, 5) is 15.3. The summed E-state index contributed by atoms with van der Waals surface area (Å²) in [6.45, 7) is 1.91. The van der Waals surface area contributed by atoms with Crippen LogP contribution in [0.3, 0.4) is 0 Å². The average molecular weight is 345 g/mol. The third-order valence-electron chi connectivity index (χ3n) is 6.40. The summed E-state index contributed by atoms with van der Waals surface area (Å²) in [5.41, 5.74) is 7.27.